The molecule has 8 nitrogen and oxygen atoms in total. The van der Waals surface area contributed by atoms with Crippen LogP contribution in [-0.4, -0.2) is 26.8 Å². The zero-order valence-electron chi connectivity index (χ0n) is 13.8. The second kappa shape index (κ2) is 7.95. The van der Waals surface area contributed by atoms with Crippen LogP contribution in [-0.2, 0) is 14.8 Å². The van der Waals surface area contributed by atoms with Crippen molar-refractivity contribution in [2.24, 2.45) is 0 Å². The van der Waals surface area contributed by atoms with Gasteiger partial charge in [-0.15, -0.1) is 0 Å². The van der Waals surface area contributed by atoms with Crippen molar-refractivity contribution in [1.29, 1.82) is 0 Å². The summed E-state index contributed by atoms with van der Waals surface area (Å²) in [4.78, 5) is 23.7. The number of sulfonamides is 1. The summed E-state index contributed by atoms with van der Waals surface area (Å²) in [6.45, 7) is 3.26. The molecule has 0 unspecified atom stereocenters. The molecule has 0 aliphatic carbocycles. The van der Waals surface area contributed by atoms with Gasteiger partial charge >= 0.3 is 0 Å². The van der Waals surface area contributed by atoms with E-state index in [1.165, 1.54) is 12.1 Å². The number of hydrazine groups is 1. The number of hydrogen-bond acceptors (Lipinski definition) is 5. The third kappa shape index (κ3) is 5.16. The summed E-state index contributed by atoms with van der Waals surface area (Å²) in [7, 11) is -3.66. The van der Waals surface area contributed by atoms with Gasteiger partial charge in [0.1, 0.15) is 11.5 Å². The van der Waals surface area contributed by atoms with Crippen LogP contribution in [0, 0.1) is 13.8 Å². The molecule has 0 bridgehead atoms. The monoisotopic (exact) mass is 365 g/mol. The first-order valence-corrected chi connectivity index (χ1v) is 8.99. The van der Waals surface area contributed by atoms with Gasteiger partial charge in [-0.2, -0.15) is 0 Å². The third-order valence-corrected chi connectivity index (χ3v) is 4.78. The van der Waals surface area contributed by atoms with E-state index in [0.29, 0.717) is 17.1 Å². The molecule has 1 aromatic carbocycles. The Kier molecular flexibility index (Phi) is 5.94. The van der Waals surface area contributed by atoms with Gasteiger partial charge in [-0.05, 0) is 32.0 Å². The van der Waals surface area contributed by atoms with Gasteiger partial charge in [-0.3, -0.25) is 20.4 Å². The molecule has 0 aliphatic heterocycles. The Balaban J connectivity index is 1.78. The van der Waals surface area contributed by atoms with Crippen LogP contribution in [0.3, 0.4) is 0 Å². The molecule has 1 aromatic heterocycles. The van der Waals surface area contributed by atoms with Crippen molar-refractivity contribution < 1.29 is 22.4 Å². The summed E-state index contributed by atoms with van der Waals surface area (Å²) in [5, 5.41) is 0. The van der Waals surface area contributed by atoms with Gasteiger partial charge in [0.25, 0.3) is 5.91 Å². The van der Waals surface area contributed by atoms with E-state index >= 15 is 0 Å². The normalized spacial score (nSPS) is 11.1. The average Bonchev–Trinajstić information content (AvgIpc) is 2.92. The van der Waals surface area contributed by atoms with Crippen LogP contribution < -0.4 is 15.6 Å². The van der Waals surface area contributed by atoms with Gasteiger partial charge < -0.3 is 4.42 Å². The molecular formula is C16H19N3O5S. The lowest BCUT2D eigenvalue weighted by molar-refractivity contribution is -0.121. The first kappa shape index (κ1) is 18.7. The van der Waals surface area contributed by atoms with Gasteiger partial charge in [-0.25, -0.2) is 13.1 Å². The zero-order valence-corrected chi connectivity index (χ0v) is 14.6. The highest BCUT2D eigenvalue weighted by Crippen LogP contribution is 2.12. The van der Waals surface area contributed by atoms with Gasteiger partial charge in [0.15, 0.2) is 0 Å². The van der Waals surface area contributed by atoms with E-state index in [1.54, 1.807) is 38.1 Å². The topological polar surface area (TPSA) is 118 Å². The Morgan fingerprint density at radius 2 is 1.76 bits per heavy atom. The van der Waals surface area contributed by atoms with Crippen LogP contribution in [0.15, 0.2) is 45.7 Å². The van der Waals surface area contributed by atoms with Crippen molar-refractivity contribution in [2.45, 2.75) is 25.2 Å². The number of furan rings is 1. The van der Waals surface area contributed by atoms with Crippen molar-refractivity contribution in [1.82, 2.24) is 15.6 Å². The Morgan fingerprint density at radius 3 is 2.36 bits per heavy atom. The number of carbonyl (C=O) groups is 2. The summed E-state index contributed by atoms with van der Waals surface area (Å²) in [5.41, 5.74) is 4.81. The van der Waals surface area contributed by atoms with Gasteiger partial charge in [0.2, 0.25) is 15.9 Å². The van der Waals surface area contributed by atoms with Gasteiger partial charge in [0, 0.05) is 13.0 Å². The number of rotatable bonds is 6. The first-order valence-electron chi connectivity index (χ1n) is 7.50. The summed E-state index contributed by atoms with van der Waals surface area (Å²) >= 11 is 0. The minimum Gasteiger partial charge on any atom is -0.466 e. The van der Waals surface area contributed by atoms with E-state index in [1.807, 2.05) is 0 Å². The van der Waals surface area contributed by atoms with Crippen molar-refractivity contribution in [3.63, 3.8) is 0 Å². The second-order valence-electron chi connectivity index (χ2n) is 5.29. The maximum absolute atomic E-state index is 12.0. The van der Waals surface area contributed by atoms with Crippen molar-refractivity contribution >= 4 is 21.8 Å². The SMILES string of the molecule is Cc1cc(C(=O)NNC(=O)CCNS(=O)(=O)c2ccccc2)c(C)o1. The smallest absolute Gasteiger partial charge is 0.273 e. The Bertz CT molecular complexity index is 859. The summed E-state index contributed by atoms with van der Waals surface area (Å²) in [5.74, 6) is -0.00119. The fraction of sp³-hybridized carbons (Fsp3) is 0.250. The van der Waals surface area contributed by atoms with Gasteiger partial charge in [-0.1, -0.05) is 18.2 Å². The number of hydrogen-bond donors (Lipinski definition) is 3. The molecule has 0 atom stereocenters. The molecule has 9 heteroatoms. The Hall–Kier alpha value is -2.65. The number of amides is 2. The van der Waals surface area contributed by atoms with Crippen molar-refractivity contribution in [3.8, 4) is 0 Å². The van der Waals surface area contributed by atoms with E-state index in [9.17, 15) is 18.0 Å². The molecule has 1 heterocycles. The molecule has 2 rings (SSSR count). The van der Waals surface area contributed by atoms with E-state index in [4.69, 9.17) is 4.42 Å². The standard InChI is InChI=1S/C16H19N3O5S/c1-11-10-14(12(2)24-11)16(21)19-18-15(20)8-9-17-25(22,23)13-6-4-3-5-7-13/h3-7,10,17H,8-9H2,1-2H3,(H,18,20)(H,19,21). The number of aryl methyl sites for hydroxylation is 2. The minimum absolute atomic E-state index is 0.0945. The molecule has 0 aliphatic rings. The fourth-order valence-corrected chi connectivity index (χ4v) is 3.15. The van der Waals surface area contributed by atoms with Crippen LogP contribution in [0.5, 0.6) is 0 Å². The largest absolute Gasteiger partial charge is 0.466 e. The van der Waals surface area contributed by atoms with E-state index in [-0.39, 0.29) is 17.9 Å². The van der Waals surface area contributed by atoms with E-state index < -0.39 is 21.8 Å². The summed E-state index contributed by atoms with van der Waals surface area (Å²) in [6.07, 6.45) is -0.129. The maximum atomic E-state index is 12.0. The number of carbonyl (C=O) groups excluding carboxylic acids is 2. The molecule has 134 valence electrons. The highest BCUT2D eigenvalue weighted by molar-refractivity contribution is 7.89. The van der Waals surface area contributed by atoms with Crippen molar-refractivity contribution in [3.05, 3.63) is 53.5 Å². The minimum atomic E-state index is -3.66. The lowest BCUT2D eigenvalue weighted by atomic mass is 10.2. The van der Waals surface area contributed by atoms with Crippen LogP contribution in [0.2, 0.25) is 0 Å². The number of nitrogens with one attached hydrogen (secondary N) is 3. The lowest BCUT2D eigenvalue weighted by Crippen LogP contribution is -2.42. The highest BCUT2D eigenvalue weighted by atomic mass is 32.2. The Morgan fingerprint density at radius 1 is 1.08 bits per heavy atom. The fourth-order valence-electron chi connectivity index (χ4n) is 2.09. The lowest BCUT2D eigenvalue weighted by Gasteiger charge is -2.08. The van der Waals surface area contributed by atoms with Crippen LogP contribution >= 0.6 is 0 Å². The molecule has 0 spiro atoms. The Labute approximate surface area is 145 Å². The summed E-state index contributed by atoms with van der Waals surface area (Å²) < 4.78 is 31.5. The molecule has 0 fully saturated rings. The first-order chi connectivity index (χ1) is 11.8. The molecule has 2 aromatic rings. The molecule has 25 heavy (non-hydrogen) atoms. The molecule has 2 amide bonds. The molecule has 0 saturated carbocycles. The quantitative estimate of drug-likeness (QED) is 0.661. The second-order valence-corrected chi connectivity index (χ2v) is 7.06. The van der Waals surface area contributed by atoms with E-state index in [2.05, 4.69) is 15.6 Å². The predicted octanol–water partition coefficient (Wildman–Crippen LogP) is 1.03. The zero-order chi connectivity index (χ0) is 18.4. The van der Waals surface area contributed by atoms with Crippen molar-refractivity contribution in [2.75, 3.05) is 6.54 Å². The van der Waals surface area contributed by atoms with E-state index in [0.717, 1.165) is 0 Å². The molecule has 0 radical (unpaired) electrons. The van der Waals surface area contributed by atoms with Crippen LogP contribution in [0.1, 0.15) is 28.3 Å². The predicted molar refractivity (Wildman–Crippen MR) is 90.0 cm³/mol. The third-order valence-electron chi connectivity index (χ3n) is 3.30. The average molecular weight is 365 g/mol. The summed E-state index contributed by atoms with van der Waals surface area (Å²) in [6, 6.07) is 9.39. The molecular weight excluding hydrogens is 346 g/mol. The number of benzene rings is 1. The van der Waals surface area contributed by atoms with Crippen LogP contribution in [0.4, 0.5) is 0 Å². The van der Waals surface area contributed by atoms with Crippen LogP contribution in [0.25, 0.3) is 0 Å². The molecule has 0 saturated heterocycles. The molecule has 3 N–H and O–H groups in total. The maximum Gasteiger partial charge on any atom is 0.273 e. The highest BCUT2D eigenvalue weighted by Gasteiger charge is 2.15. The van der Waals surface area contributed by atoms with Gasteiger partial charge in [0.05, 0.1) is 10.5 Å².